The van der Waals surface area contributed by atoms with E-state index in [9.17, 15) is 0 Å². The van der Waals surface area contributed by atoms with Gasteiger partial charge in [0.1, 0.15) is 5.75 Å². The van der Waals surface area contributed by atoms with Crippen LogP contribution < -0.4 is 20.1 Å². The average molecular weight is 378 g/mol. The van der Waals surface area contributed by atoms with Crippen LogP contribution in [0.25, 0.3) is 0 Å². The van der Waals surface area contributed by atoms with Crippen LogP contribution in [0.2, 0.25) is 0 Å². The topological polar surface area (TPSA) is 59.8 Å². The molecule has 0 aliphatic rings. The molecule has 0 spiro atoms. The summed E-state index contributed by atoms with van der Waals surface area (Å²) in [6.07, 6.45) is 4.11. The van der Waals surface area contributed by atoms with Gasteiger partial charge in [-0.25, -0.2) is 0 Å². The number of rotatable bonds is 7. The zero-order valence-electron chi connectivity index (χ0n) is 16.5. The highest BCUT2D eigenvalue weighted by molar-refractivity contribution is 5.79. The van der Waals surface area contributed by atoms with E-state index in [1.165, 1.54) is 5.56 Å². The molecule has 0 amide bonds. The Morgan fingerprint density at radius 3 is 2.21 bits per heavy atom. The first-order valence-corrected chi connectivity index (χ1v) is 9.13. The third kappa shape index (κ3) is 5.30. The number of hydrogen-bond acceptors (Lipinski definition) is 3. The van der Waals surface area contributed by atoms with Crippen molar-refractivity contribution in [3.05, 3.63) is 78.1 Å². The molecule has 0 saturated carbocycles. The molecule has 0 radical (unpaired) electrons. The van der Waals surface area contributed by atoms with E-state index in [4.69, 9.17) is 9.47 Å². The highest BCUT2D eigenvalue weighted by Crippen LogP contribution is 2.30. The van der Waals surface area contributed by atoms with Crippen molar-refractivity contribution in [3.63, 3.8) is 0 Å². The van der Waals surface area contributed by atoms with Gasteiger partial charge in [-0.1, -0.05) is 24.3 Å². The normalized spacial score (nSPS) is 11.2. The summed E-state index contributed by atoms with van der Waals surface area (Å²) in [5.41, 5.74) is 2.35. The Hall–Kier alpha value is -3.41. The van der Waals surface area contributed by atoms with E-state index in [2.05, 4.69) is 27.9 Å². The highest BCUT2D eigenvalue weighted by Gasteiger charge is 2.05. The summed E-state index contributed by atoms with van der Waals surface area (Å²) in [4.78, 5) is 4.27. The summed E-state index contributed by atoms with van der Waals surface area (Å²) < 4.78 is 13.3. The number of nitrogens with one attached hydrogen (secondary N) is 2. The lowest BCUT2D eigenvalue weighted by atomic mass is 10.2. The Labute approximate surface area is 165 Å². The number of guanidine groups is 1. The smallest absolute Gasteiger partial charge is 0.191 e. The lowest BCUT2D eigenvalue weighted by molar-refractivity contribution is 0.379. The first kappa shape index (κ1) is 19.4. The summed E-state index contributed by atoms with van der Waals surface area (Å²) in [6.45, 7) is 1.40. The number of aryl methyl sites for hydroxylation is 1. The first-order valence-electron chi connectivity index (χ1n) is 9.13. The van der Waals surface area contributed by atoms with E-state index < -0.39 is 0 Å². The van der Waals surface area contributed by atoms with E-state index in [0.717, 1.165) is 23.8 Å². The summed E-state index contributed by atoms with van der Waals surface area (Å²) in [7, 11) is 5.41. The van der Waals surface area contributed by atoms with Crippen molar-refractivity contribution < 1.29 is 9.47 Å². The van der Waals surface area contributed by atoms with Gasteiger partial charge in [-0.2, -0.15) is 0 Å². The second-order valence-electron chi connectivity index (χ2n) is 6.36. The van der Waals surface area contributed by atoms with Gasteiger partial charge in [0.2, 0.25) is 0 Å². The molecule has 1 heterocycles. The third-order valence-corrected chi connectivity index (χ3v) is 4.26. The first-order chi connectivity index (χ1) is 13.7. The van der Waals surface area contributed by atoms with Crippen molar-refractivity contribution in [2.75, 3.05) is 14.2 Å². The fourth-order valence-electron chi connectivity index (χ4n) is 2.76. The van der Waals surface area contributed by atoms with Gasteiger partial charge in [-0.05, 0) is 41.5 Å². The largest absolute Gasteiger partial charge is 0.493 e. The molecule has 0 aliphatic heterocycles. The SMILES string of the molecule is CN=C(NCc1ccc(Oc2ccccc2OC)cc1)NCc1ccn(C)c1. The maximum absolute atomic E-state index is 5.91. The highest BCUT2D eigenvalue weighted by atomic mass is 16.5. The Morgan fingerprint density at radius 1 is 0.929 bits per heavy atom. The van der Waals surface area contributed by atoms with Gasteiger partial charge in [-0.3, -0.25) is 4.99 Å². The van der Waals surface area contributed by atoms with Crippen LogP contribution in [0, 0.1) is 0 Å². The number of methoxy groups -OCH3 is 1. The number of aromatic nitrogens is 1. The van der Waals surface area contributed by atoms with Crippen molar-refractivity contribution in [2.45, 2.75) is 13.1 Å². The molecule has 146 valence electrons. The van der Waals surface area contributed by atoms with Crippen molar-refractivity contribution >= 4 is 5.96 Å². The van der Waals surface area contributed by atoms with Crippen LogP contribution in [0.15, 0.2) is 72.0 Å². The Bertz CT molecular complexity index is 916. The molecule has 0 unspecified atom stereocenters. The molecule has 0 saturated heterocycles. The number of para-hydroxylation sites is 2. The fraction of sp³-hybridized carbons (Fsp3) is 0.227. The minimum absolute atomic E-state index is 0.670. The number of nitrogens with zero attached hydrogens (tertiary/aromatic N) is 2. The minimum atomic E-state index is 0.670. The standard InChI is InChI=1S/C22H26N4O2/c1-23-22(25-15-18-12-13-26(2)16-18)24-14-17-8-10-19(11-9-17)28-21-7-5-4-6-20(21)27-3/h4-13,16H,14-15H2,1-3H3,(H2,23,24,25). The zero-order chi connectivity index (χ0) is 19.8. The molecule has 2 N–H and O–H groups in total. The van der Waals surface area contributed by atoms with Crippen molar-refractivity contribution in [2.24, 2.45) is 12.0 Å². The molecule has 0 fully saturated rings. The predicted octanol–water partition coefficient (Wildman–Crippen LogP) is 3.69. The predicted molar refractivity (Wildman–Crippen MR) is 112 cm³/mol. The van der Waals surface area contributed by atoms with Gasteiger partial charge in [0.25, 0.3) is 0 Å². The van der Waals surface area contributed by atoms with Crippen LogP contribution in [0.5, 0.6) is 17.2 Å². The molecule has 3 aromatic rings. The summed E-state index contributed by atoms with van der Waals surface area (Å²) >= 11 is 0. The maximum Gasteiger partial charge on any atom is 0.191 e. The quantitative estimate of drug-likeness (QED) is 0.486. The monoisotopic (exact) mass is 378 g/mol. The van der Waals surface area contributed by atoms with Crippen molar-refractivity contribution in [1.82, 2.24) is 15.2 Å². The Kier molecular flexibility index (Phi) is 6.57. The Balaban J connectivity index is 1.52. The molecule has 28 heavy (non-hydrogen) atoms. The number of hydrogen-bond donors (Lipinski definition) is 2. The second kappa shape index (κ2) is 9.50. The molecule has 1 aromatic heterocycles. The van der Waals surface area contributed by atoms with Gasteiger partial charge < -0.3 is 24.7 Å². The Morgan fingerprint density at radius 2 is 1.61 bits per heavy atom. The molecular weight excluding hydrogens is 352 g/mol. The maximum atomic E-state index is 5.91. The third-order valence-electron chi connectivity index (χ3n) is 4.26. The molecule has 3 rings (SSSR count). The average Bonchev–Trinajstić information content (AvgIpc) is 3.15. The van der Waals surface area contributed by atoms with Crippen LogP contribution in [0.1, 0.15) is 11.1 Å². The van der Waals surface area contributed by atoms with Crippen LogP contribution >= 0.6 is 0 Å². The van der Waals surface area contributed by atoms with Gasteiger partial charge in [0, 0.05) is 39.6 Å². The van der Waals surface area contributed by atoms with E-state index in [1.807, 2.05) is 66.3 Å². The lowest BCUT2D eigenvalue weighted by Gasteiger charge is -2.12. The van der Waals surface area contributed by atoms with Gasteiger partial charge in [0.05, 0.1) is 7.11 Å². The molecule has 0 bridgehead atoms. The molecular formula is C22H26N4O2. The van der Waals surface area contributed by atoms with Crippen LogP contribution in [-0.2, 0) is 20.1 Å². The molecule has 6 heteroatoms. The number of aliphatic imine (C=N–C) groups is 1. The van der Waals surface area contributed by atoms with Crippen LogP contribution in [0.4, 0.5) is 0 Å². The summed E-state index contributed by atoms with van der Waals surface area (Å²) in [5, 5.41) is 6.63. The van der Waals surface area contributed by atoms with Gasteiger partial charge in [-0.15, -0.1) is 0 Å². The second-order valence-corrected chi connectivity index (χ2v) is 6.36. The van der Waals surface area contributed by atoms with Gasteiger partial charge >= 0.3 is 0 Å². The zero-order valence-corrected chi connectivity index (χ0v) is 16.5. The summed E-state index contributed by atoms with van der Waals surface area (Å²) in [5.74, 6) is 2.93. The summed E-state index contributed by atoms with van der Waals surface area (Å²) in [6, 6.07) is 17.6. The van der Waals surface area contributed by atoms with E-state index in [0.29, 0.717) is 18.0 Å². The number of ether oxygens (including phenoxy) is 2. The van der Waals surface area contributed by atoms with Crippen molar-refractivity contribution in [3.8, 4) is 17.2 Å². The van der Waals surface area contributed by atoms with E-state index >= 15 is 0 Å². The van der Waals surface area contributed by atoms with Gasteiger partial charge in [0.15, 0.2) is 17.5 Å². The van der Waals surface area contributed by atoms with Crippen molar-refractivity contribution in [1.29, 1.82) is 0 Å². The molecule has 0 aliphatic carbocycles. The van der Waals surface area contributed by atoms with Crippen LogP contribution in [-0.4, -0.2) is 24.7 Å². The fourth-order valence-corrected chi connectivity index (χ4v) is 2.76. The molecule has 2 aromatic carbocycles. The molecule has 0 atom stereocenters. The van der Waals surface area contributed by atoms with E-state index in [1.54, 1.807) is 14.2 Å². The van der Waals surface area contributed by atoms with Crippen LogP contribution in [0.3, 0.4) is 0 Å². The van der Waals surface area contributed by atoms with E-state index in [-0.39, 0.29) is 0 Å². The lowest BCUT2D eigenvalue weighted by Crippen LogP contribution is -2.36. The minimum Gasteiger partial charge on any atom is -0.493 e. The molecule has 6 nitrogen and oxygen atoms in total. The number of benzene rings is 2.